The first-order valence-corrected chi connectivity index (χ1v) is 5.75. The van der Waals surface area contributed by atoms with Gasteiger partial charge < -0.3 is 18.8 Å². The van der Waals surface area contributed by atoms with E-state index in [2.05, 4.69) is 0 Å². The van der Waals surface area contributed by atoms with Gasteiger partial charge in [-0.2, -0.15) is 0 Å². The van der Waals surface area contributed by atoms with Crippen LogP contribution in [0.3, 0.4) is 0 Å². The first-order valence-electron chi connectivity index (χ1n) is 5.75. The van der Waals surface area contributed by atoms with Gasteiger partial charge in [0.2, 0.25) is 6.79 Å². The molecule has 0 saturated heterocycles. The lowest BCUT2D eigenvalue weighted by Gasteiger charge is -2.06. The van der Waals surface area contributed by atoms with Crippen molar-refractivity contribution in [2.24, 2.45) is 0 Å². The van der Waals surface area contributed by atoms with Crippen LogP contribution in [0.4, 0.5) is 0 Å². The number of esters is 1. The van der Waals surface area contributed by atoms with E-state index in [0.29, 0.717) is 23.7 Å². The summed E-state index contributed by atoms with van der Waals surface area (Å²) in [4.78, 5) is 11.7. The SMILES string of the molecule is CCn1c(C(=O)OC)cc2cc3c(cc21)OCO3. The van der Waals surface area contributed by atoms with Crippen LogP contribution in [0, 0.1) is 0 Å². The summed E-state index contributed by atoms with van der Waals surface area (Å²) in [5.41, 5.74) is 1.49. The molecule has 0 unspecified atom stereocenters. The number of rotatable bonds is 2. The molecule has 1 aliphatic heterocycles. The third-order valence-electron chi connectivity index (χ3n) is 3.11. The lowest BCUT2D eigenvalue weighted by molar-refractivity contribution is 0.0589. The van der Waals surface area contributed by atoms with E-state index in [1.54, 1.807) is 0 Å². The molecule has 2 heterocycles. The fourth-order valence-corrected chi connectivity index (χ4v) is 2.27. The highest BCUT2D eigenvalue weighted by atomic mass is 16.7. The molecule has 1 aromatic heterocycles. The second kappa shape index (κ2) is 3.94. The number of carbonyl (C=O) groups is 1. The summed E-state index contributed by atoms with van der Waals surface area (Å²) in [6, 6.07) is 5.59. The summed E-state index contributed by atoms with van der Waals surface area (Å²) < 4.78 is 17.4. The molecule has 94 valence electrons. The third kappa shape index (κ3) is 1.44. The normalized spacial score (nSPS) is 13.0. The van der Waals surface area contributed by atoms with Gasteiger partial charge in [-0.15, -0.1) is 0 Å². The van der Waals surface area contributed by atoms with Gasteiger partial charge in [0, 0.05) is 18.0 Å². The number of benzene rings is 1. The molecule has 1 aromatic carbocycles. The van der Waals surface area contributed by atoms with E-state index in [1.807, 2.05) is 29.7 Å². The van der Waals surface area contributed by atoms with Gasteiger partial charge in [0.05, 0.1) is 12.6 Å². The Morgan fingerprint density at radius 2 is 2.06 bits per heavy atom. The largest absolute Gasteiger partial charge is 0.464 e. The van der Waals surface area contributed by atoms with E-state index in [0.717, 1.165) is 10.9 Å². The lowest BCUT2D eigenvalue weighted by atomic mass is 10.2. The number of hydrogen-bond acceptors (Lipinski definition) is 4. The Morgan fingerprint density at radius 1 is 1.33 bits per heavy atom. The molecule has 1 aliphatic rings. The van der Waals surface area contributed by atoms with Crippen LogP contribution < -0.4 is 9.47 Å². The molecule has 18 heavy (non-hydrogen) atoms. The predicted octanol–water partition coefficient (Wildman–Crippen LogP) is 2.18. The van der Waals surface area contributed by atoms with Gasteiger partial charge in [0.25, 0.3) is 0 Å². The van der Waals surface area contributed by atoms with Crippen molar-refractivity contribution in [1.29, 1.82) is 0 Å². The fraction of sp³-hybridized carbons (Fsp3) is 0.308. The summed E-state index contributed by atoms with van der Waals surface area (Å²) in [6.45, 7) is 2.92. The Morgan fingerprint density at radius 3 is 2.72 bits per heavy atom. The summed E-state index contributed by atoms with van der Waals surface area (Å²) in [5, 5.41) is 0.946. The highest BCUT2D eigenvalue weighted by Gasteiger charge is 2.20. The second-order valence-electron chi connectivity index (χ2n) is 4.03. The molecule has 0 atom stereocenters. The van der Waals surface area contributed by atoms with E-state index in [1.165, 1.54) is 7.11 Å². The lowest BCUT2D eigenvalue weighted by Crippen LogP contribution is -2.09. The molecule has 5 heteroatoms. The van der Waals surface area contributed by atoms with Gasteiger partial charge in [0.15, 0.2) is 11.5 Å². The summed E-state index contributed by atoms with van der Waals surface area (Å²) >= 11 is 0. The number of nitrogens with zero attached hydrogens (tertiary/aromatic N) is 1. The zero-order chi connectivity index (χ0) is 12.7. The fourth-order valence-electron chi connectivity index (χ4n) is 2.27. The first kappa shape index (κ1) is 11.0. The Balaban J connectivity index is 2.25. The predicted molar refractivity (Wildman–Crippen MR) is 65.1 cm³/mol. The summed E-state index contributed by atoms with van der Waals surface area (Å²) in [5.74, 6) is 1.09. The Hall–Kier alpha value is -2.17. The summed E-state index contributed by atoms with van der Waals surface area (Å²) in [6.07, 6.45) is 0. The van der Waals surface area contributed by atoms with Crippen LogP contribution in [0.1, 0.15) is 17.4 Å². The van der Waals surface area contributed by atoms with Gasteiger partial charge in [-0.1, -0.05) is 0 Å². The molecule has 0 fully saturated rings. The van der Waals surface area contributed by atoms with Crippen LogP contribution in [0.15, 0.2) is 18.2 Å². The van der Waals surface area contributed by atoms with Gasteiger partial charge in [-0.05, 0) is 19.1 Å². The highest BCUT2D eigenvalue weighted by Crippen LogP contribution is 2.37. The van der Waals surface area contributed by atoms with E-state index < -0.39 is 0 Å². The molecule has 0 amide bonds. The number of aromatic nitrogens is 1. The summed E-state index contributed by atoms with van der Waals surface area (Å²) in [7, 11) is 1.38. The number of carbonyl (C=O) groups excluding carboxylic acids is 1. The van der Waals surface area contributed by atoms with Gasteiger partial charge >= 0.3 is 5.97 Å². The zero-order valence-electron chi connectivity index (χ0n) is 10.2. The molecule has 2 aromatic rings. The molecular formula is C13H13NO4. The van der Waals surface area contributed by atoms with Crippen LogP contribution >= 0.6 is 0 Å². The number of fused-ring (bicyclic) bond motifs is 2. The smallest absolute Gasteiger partial charge is 0.354 e. The quantitative estimate of drug-likeness (QED) is 0.763. The molecule has 0 bridgehead atoms. The van der Waals surface area contributed by atoms with Crippen molar-refractivity contribution in [2.75, 3.05) is 13.9 Å². The van der Waals surface area contributed by atoms with Crippen molar-refractivity contribution in [1.82, 2.24) is 4.57 Å². The molecule has 0 N–H and O–H groups in total. The maximum Gasteiger partial charge on any atom is 0.354 e. The first-order chi connectivity index (χ1) is 8.74. The molecule has 0 radical (unpaired) electrons. The average Bonchev–Trinajstić information content (AvgIpc) is 2.97. The topological polar surface area (TPSA) is 49.7 Å². The average molecular weight is 247 g/mol. The molecule has 0 spiro atoms. The minimum Gasteiger partial charge on any atom is -0.464 e. The van der Waals surface area contributed by atoms with E-state index in [9.17, 15) is 4.79 Å². The van der Waals surface area contributed by atoms with Gasteiger partial charge in [0.1, 0.15) is 5.69 Å². The number of ether oxygens (including phenoxy) is 3. The minimum absolute atomic E-state index is 0.248. The van der Waals surface area contributed by atoms with Crippen molar-refractivity contribution in [3.8, 4) is 11.5 Å². The second-order valence-corrected chi connectivity index (χ2v) is 4.03. The van der Waals surface area contributed by atoms with E-state index >= 15 is 0 Å². The van der Waals surface area contributed by atoms with E-state index in [-0.39, 0.29) is 12.8 Å². The minimum atomic E-state index is -0.338. The molecule has 5 nitrogen and oxygen atoms in total. The number of hydrogen-bond donors (Lipinski definition) is 0. The van der Waals surface area contributed by atoms with Crippen molar-refractivity contribution in [2.45, 2.75) is 13.5 Å². The van der Waals surface area contributed by atoms with Crippen molar-refractivity contribution >= 4 is 16.9 Å². The molecule has 0 saturated carbocycles. The van der Waals surface area contributed by atoms with Crippen molar-refractivity contribution in [3.63, 3.8) is 0 Å². The molecular weight excluding hydrogens is 234 g/mol. The number of methoxy groups -OCH3 is 1. The zero-order valence-corrected chi connectivity index (χ0v) is 10.2. The molecule has 0 aliphatic carbocycles. The standard InChI is InChI=1S/C13H13NO4/c1-3-14-9-6-12-11(17-7-18-12)5-8(9)4-10(14)13(15)16-2/h4-6H,3,7H2,1-2H3. The maximum atomic E-state index is 11.7. The van der Waals surface area contributed by atoms with Gasteiger partial charge in [-0.25, -0.2) is 4.79 Å². The van der Waals surface area contributed by atoms with Crippen LogP contribution in [-0.4, -0.2) is 24.4 Å². The molecule has 3 rings (SSSR count). The highest BCUT2D eigenvalue weighted by molar-refractivity contribution is 5.96. The van der Waals surface area contributed by atoms with Crippen LogP contribution in [0.5, 0.6) is 11.5 Å². The van der Waals surface area contributed by atoms with Crippen molar-refractivity contribution in [3.05, 3.63) is 23.9 Å². The monoisotopic (exact) mass is 247 g/mol. The Kier molecular flexibility index (Phi) is 2.40. The van der Waals surface area contributed by atoms with Gasteiger partial charge in [-0.3, -0.25) is 0 Å². The Labute approximate surface area is 104 Å². The maximum absolute atomic E-state index is 11.7. The van der Waals surface area contributed by atoms with Crippen LogP contribution in [-0.2, 0) is 11.3 Å². The van der Waals surface area contributed by atoms with Crippen LogP contribution in [0.2, 0.25) is 0 Å². The Bertz CT molecular complexity index is 629. The third-order valence-corrected chi connectivity index (χ3v) is 3.11. The van der Waals surface area contributed by atoms with Crippen LogP contribution in [0.25, 0.3) is 10.9 Å². The van der Waals surface area contributed by atoms with E-state index in [4.69, 9.17) is 14.2 Å². The number of aryl methyl sites for hydroxylation is 1. The van der Waals surface area contributed by atoms with Crippen molar-refractivity contribution < 1.29 is 19.0 Å².